The lowest BCUT2D eigenvalue weighted by Gasteiger charge is -2.25. The van der Waals surface area contributed by atoms with E-state index >= 15 is 0 Å². The van der Waals surface area contributed by atoms with Crippen molar-refractivity contribution in [1.29, 1.82) is 0 Å². The van der Waals surface area contributed by atoms with Gasteiger partial charge < -0.3 is 9.64 Å². The highest BCUT2D eigenvalue weighted by molar-refractivity contribution is 7.18. The minimum atomic E-state index is -0.443. The Balaban J connectivity index is 1.93. The molecule has 0 saturated carbocycles. The van der Waals surface area contributed by atoms with Crippen molar-refractivity contribution in [3.8, 4) is 5.69 Å². The first-order chi connectivity index (χ1) is 14.5. The molecule has 0 bridgehead atoms. The third kappa shape index (κ3) is 3.32. The van der Waals surface area contributed by atoms with Crippen LogP contribution in [0.1, 0.15) is 30.7 Å². The molecular formula is C21H22FN3O4S. The van der Waals surface area contributed by atoms with E-state index in [1.807, 2.05) is 6.92 Å². The molecule has 0 N–H and O–H groups in total. The highest BCUT2D eigenvalue weighted by Crippen LogP contribution is 2.33. The Kier molecular flexibility index (Phi) is 5.46. The van der Waals surface area contributed by atoms with Crippen LogP contribution >= 0.6 is 11.3 Å². The molecule has 0 saturated heterocycles. The van der Waals surface area contributed by atoms with E-state index in [1.165, 1.54) is 35.6 Å². The quantitative estimate of drug-likeness (QED) is 0.636. The van der Waals surface area contributed by atoms with Gasteiger partial charge in [-0.3, -0.25) is 9.36 Å². The summed E-state index contributed by atoms with van der Waals surface area (Å²) in [7, 11) is 0. The van der Waals surface area contributed by atoms with Crippen LogP contribution in [0.4, 0.5) is 9.18 Å². The van der Waals surface area contributed by atoms with Gasteiger partial charge in [0.05, 0.1) is 24.2 Å². The van der Waals surface area contributed by atoms with Crippen molar-refractivity contribution < 1.29 is 13.9 Å². The number of benzene rings is 1. The zero-order valence-corrected chi connectivity index (χ0v) is 17.6. The molecule has 0 fully saturated rings. The summed E-state index contributed by atoms with van der Waals surface area (Å²) in [4.78, 5) is 41.9. The summed E-state index contributed by atoms with van der Waals surface area (Å²) in [6, 6.07) is 5.33. The van der Waals surface area contributed by atoms with Gasteiger partial charge in [-0.05, 0) is 49.6 Å². The maximum atomic E-state index is 13.4. The summed E-state index contributed by atoms with van der Waals surface area (Å²) in [5, 5.41) is 0.510. The molecule has 1 aliphatic heterocycles. The Morgan fingerprint density at radius 1 is 1.20 bits per heavy atom. The van der Waals surface area contributed by atoms with Gasteiger partial charge in [-0.25, -0.2) is 18.5 Å². The molecule has 9 heteroatoms. The lowest BCUT2D eigenvalue weighted by atomic mass is 10.1. The second kappa shape index (κ2) is 8.06. The van der Waals surface area contributed by atoms with Crippen molar-refractivity contribution in [1.82, 2.24) is 14.0 Å². The van der Waals surface area contributed by atoms with Gasteiger partial charge in [0.15, 0.2) is 0 Å². The first-order valence-corrected chi connectivity index (χ1v) is 10.8. The molecular weight excluding hydrogens is 409 g/mol. The standard InChI is InChI=1S/C21H22FN3O4S/c1-3-10-24-19-17(15-9-11-23(12-16(15)30-19)21(28)29-4-2)18(26)25(20(24)27)14-7-5-13(22)6-8-14/h5-8H,3-4,9-12H2,1-2H3. The second-order valence-electron chi connectivity index (χ2n) is 7.11. The number of hydrogen-bond acceptors (Lipinski definition) is 5. The Morgan fingerprint density at radius 2 is 1.93 bits per heavy atom. The highest BCUT2D eigenvalue weighted by Gasteiger charge is 2.28. The van der Waals surface area contributed by atoms with Crippen molar-refractivity contribution in [3.63, 3.8) is 0 Å². The van der Waals surface area contributed by atoms with E-state index in [9.17, 15) is 18.8 Å². The first kappa shape index (κ1) is 20.3. The Morgan fingerprint density at radius 3 is 2.60 bits per heavy atom. The molecule has 0 unspecified atom stereocenters. The number of hydrogen-bond donors (Lipinski definition) is 0. The van der Waals surface area contributed by atoms with E-state index < -0.39 is 17.1 Å². The minimum absolute atomic E-state index is 0.299. The zero-order valence-electron chi connectivity index (χ0n) is 16.8. The number of carbonyl (C=O) groups is 1. The van der Waals surface area contributed by atoms with E-state index in [2.05, 4.69) is 0 Å². The van der Waals surface area contributed by atoms with Gasteiger partial charge in [0, 0.05) is 18.0 Å². The minimum Gasteiger partial charge on any atom is -0.450 e. The number of amides is 1. The van der Waals surface area contributed by atoms with Gasteiger partial charge in [0.25, 0.3) is 5.56 Å². The fraction of sp³-hybridized carbons (Fsp3) is 0.381. The zero-order chi connectivity index (χ0) is 21.4. The first-order valence-electron chi connectivity index (χ1n) is 9.94. The van der Waals surface area contributed by atoms with Crippen molar-refractivity contribution >= 4 is 27.6 Å². The van der Waals surface area contributed by atoms with E-state index in [4.69, 9.17) is 4.74 Å². The average Bonchev–Trinajstić information content (AvgIpc) is 3.11. The van der Waals surface area contributed by atoms with Crippen LogP contribution in [-0.4, -0.2) is 33.3 Å². The van der Waals surface area contributed by atoms with Gasteiger partial charge in [0.2, 0.25) is 0 Å². The summed E-state index contributed by atoms with van der Waals surface area (Å²) in [6.45, 7) is 5.27. The molecule has 4 rings (SSSR count). The smallest absolute Gasteiger partial charge is 0.410 e. The second-order valence-corrected chi connectivity index (χ2v) is 8.19. The number of carbonyl (C=O) groups excluding carboxylic acids is 1. The van der Waals surface area contributed by atoms with E-state index in [-0.39, 0.29) is 6.09 Å². The molecule has 3 aromatic rings. The summed E-state index contributed by atoms with van der Waals surface area (Å²) in [5.74, 6) is -0.436. The highest BCUT2D eigenvalue weighted by atomic mass is 32.1. The number of thiophene rings is 1. The average molecular weight is 431 g/mol. The molecule has 1 aromatic carbocycles. The molecule has 7 nitrogen and oxygen atoms in total. The Labute approximate surface area is 175 Å². The number of fused-ring (bicyclic) bond motifs is 3. The van der Waals surface area contributed by atoms with Crippen LogP contribution in [-0.2, 0) is 24.2 Å². The van der Waals surface area contributed by atoms with Gasteiger partial charge in [-0.1, -0.05) is 6.92 Å². The van der Waals surface area contributed by atoms with E-state index in [0.29, 0.717) is 55.0 Å². The largest absolute Gasteiger partial charge is 0.450 e. The molecule has 2 aromatic heterocycles. The molecule has 1 amide bonds. The van der Waals surface area contributed by atoms with Gasteiger partial charge >= 0.3 is 11.8 Å². The summed E-state index contributed by atoms with van der Waals surface area (Å²) >= 11 is 1.38. The van der Waals surface area contributed by atoms with Gasteiger partial charge in [0.1, 0.15) is 10.6 Å². The summed E-state index contributed by atoms with van der Waals surface area (Å²) < 4.78 is 21.2. The topological polar surface area (TPSA) is 73.5 Å². The summed E-state index contributed by atoms with van der Waals surface area (Å²) in [5.41, 5.74) is 0.362. The molecule has 0 atom stereocenters. The molecule has 30 heavy (non-hydrogen) atoms. The number of rotatable bonds is 4. The van der Waals surface area contributed by atoms with Crippen LogP contribution < -0.4 is 11.2 Å². The van der Waals surface area contributed by atoms with Gasteiger partial charge in [-0.2, -0.15) is 0 Å². The maximum absolute atomic E-state index is 13.4. The fourth-order valence-corrected chi connectivity index (χ4v) is 5.19. The molecule has 1 aliphatic rings. The third-order valence-corrected chi connectivity index (χ3v) is 6.42. The lowest BCUT2D eigenvalue weighted by Crippen LogP contribution is -2.39. The molecule has 0 aliphatic carbocycles. The number of aryl methyl sites for hydroxylation is 1. The Bertz CT molecular complexity index is 1230. The van der Waals surface area contributed by atoms with Crippen LogP contribution in [0, 0.1) is 5.82 Å². The van der Waals surface area contributed by atoms with Crippen molar-refractivity contribution in [2.45, 2.75) is 39.8 Å². The van der Waals surface area contributed by atoms with Crippen molar-refractivity contribution in [3.05, 3.63) is 61.4 Å². The number of halogens is 1. The fourth-order valence-electron chi connectivity index (χ4n) is 3.82. The maximum Gasteiger partial charge on any atom is 0.410 e. The van der Waals surface area contributed by atoms with Crippen molar-refractivity contribution in [2.75, 3.05) is 13.2 Å². The van der Waals surface area contributed by atoms with Crippen LogP contribution in [0.5, 0.6) is 0 Å². The number of nitrogens with zero attached hydrogens (tertiary/aromatic N) is 3. The predicted octanol–water partition coefficient (Wildman–Crippen LogP) is 3.28. The van der Waals surface area contributed by atoms with Crippen LogP contribution in [0.25, 0.3) is 15.9 Å². The van der Waals surface area contributed by atoms with E-state index in [1.54, 1.807) is 16.4 Å². The third-order valence-electron chi connectivity index (χ3n) is 5.18. The molecule has 3 heterocycles. The predicted molar refractivity (Wildman–Crippen MR) is 113 cm³/mol. The number of aromatic nitrogens is 2. The van der Waals surface area contributed by atoms with Gasteiger partial charge in [-0.15, -0.1) is 11.3 Å². The van der Waals surface area contributed by atoms with Crippen LogP contribution in [0.2, 0.25) is 0 Å². The van der Waals surface area contributed by atoms with Crippen molar-refractivity contribution in [2.24, 2.45) is 0 Å². The molecule has 0 radical (unpaired) electrons. The summed E-state index contributed by atoms with van der Waals surface area (Å²) in [6.07, 6.45) is 0.848. The molecule has 158 valence electrons. The monoisotopic (exact) mass is 431 g/mol. The Hall–Kier alpha value is -2.94. The normalized spacial score (nSPS) is 13.5. The van der Waals surface area contributed by atoms with Crippen LogP contribution in [0.3, 0.4) is 0 Å². The van der Waals surface area contributed by atoms with E-state index in [0.717, 1.165) is 15.0 Å². The number of ether oxygens (including phenoxy) is 1. The SMILES string of the molecule is CCCn1c(=O)n(-c2ccc(F)cc2)c(=O)c2c3c(sc21)CN(C(=O)OCC)CC3. The lowest BCUT2D eigenvalue weighted by molar-refractivity contribution is 0.103. The van der Waals surface area contributed by atoms with Crippen LogP contribution in [0.15, 0.2) is 33.9 Å². The molecule has 0 spiro atoms.